The highest BCUT2D eigenvalue weighted by atomic mass is 16.2. The second-order valence-corrected chi connectivity index (χ2v) is 2.86. The molecule has 1 amide bonds. The molecule has 1 aromatic carbocycles. The summed E-state index contributed by atoms with van der Waals surface area (Å²) in [7, 11) is 1.73. The van der Waals surface area contributed by atoms with E-state index in [0.29, 0.717) is 0 Å². The second-order valence-electron chi connectivity index (χ2n) is 2.86. The average Bonchev–Trinajstić information content (AvgIpc) is 2.12. The van der Waals surface area contributed by atoms with Crippen molar-refractivity contribution in [1.29, 1.82) is 0 Å². The molecule has 0 saturated carbocycles. The molecule has 0 atom stereocenters. The summed E-state index contributed by atoms with van der Waals surface area (Å²) in [6.45, 7) is 0.735. The van der Waals surface area contributed by atoms with Gasteiger partial charge in [0.25, 0.3) is 5.91 Å². The molecular weight excluding hydrogens is 152 g/mol. The maximum absolute atomic E-state index is 11.5. The number of benzene rings is 1. The van der Waals surface area contributed by atoms with Crippen LogP contribution in [0.3, 0.4) is 0 Å². The molecule has 1 aromatic rings. The topological polar surface area (TPSA) is 32.3 Å². The summed E-state index contributed by atoms with van der Waals surface area (Å²) in [6, 6.07) is 7.65. The Balaban J connectivity index is 2.49. The molecule has 0 fully saturated rings. The predicted octanol–water partition coefficient (Wildman–Crippen LogP) is 0.777. The summed E-state index contributed by atoms with van der Waals surface area (Å²) in [4.78, 5) is 11.5. The van der Waals surface area contributed by atoms with Crippen LogP contribution in [0.5, 0.6) is 0 Å². The number of nitrogens with zero attached hydrogens (tertiary/aromatic N) is 1. The van der Waals surface area contributed by atoms with Gasteiger partial charge in [0.1, 0.15) is 0 Å². The number of amides is 1. The third kappa shape index (κ3) is 0.987. The van der Waals surface area contributed by atoms with Crippen molar-refractivity contribution in [2.75, 3.05) is 7.05 Å². The summed E-state index contributed by atoms with van der Waals surface area (Å²) >= 11 is 0. The summed E-state index contributed by atoms with van der Waals surface area (Å²) in [6.07, 6.45) is 0. The van der Waals surface area contributed by atoms with Gasteiger partial charge in [0.15, 0.2) is 0 Å². The van der Waals surface area contributed by atoms with Crippen LogP contribution >= 0.6 is 0 Å². The van der Waals surface area contributed by atoms with Crippen LogP contribution < -0.4 is 5.43 Å². The molecule has 1 aliphatic rings. The standard InChI is InChI=1S/C9H10N2O/c1-11-9(12)8-5-3-2-4-7(8)6-10-11/h2-5,10H,6H2,1H3. The van der Waals surface area contributed by atoms with E-state index in [2.05, 4.69) is 5.43 Å². The molecule has 1 N–H and O–H groups in total. The lowest BCUT2D eigenvalue weighted by atomic mass is 10.1. The Morgan fingerprint density at radius 2 is 2.17 bits per heavy atom. The van der Waals surface area contributed by atoms with Crippen LogP contribution in [0.2, 0.25) is 0 Å². The Bertz CT molecular complexity index is 322. The second kappa shape index (κ2) is 2.60. The lowest BCUT2D eigenvalue weighted by Gasteiger charge is -2.25. The van der Waals surface area contributed by atoms with Crippen molar-refractivity contribution in [2.24, 2.45) is 0 Å². The Hall–Kier alpha value is -1.35. The lowest BCUT2D eigenvalue weighted by molar-refractivity contribution is 0.0686. The van der Waals surface area contributed by atoms with Gasteiger partial charge in [0.2, 0.25) is 0 Å². The smallest absolute Gasteiger partial charge is 0.268 e. The normalized spacial score (nSPS) is 16.1. The van der Waals surface area contributed by atoms with Gasteiger partial charge < -0.3 is 0 Å². The van der Waals surface area contributed by atoms with E-state index in [9.17, 15) is 4.79 Å². The molecule has 0 unspecified atom stereocenters. The van der Waals surface area contributed by atoms with Gasteiger partial charge in [-0.1, -0.05) is 18.2 Å². The van der Waals surface area contributed by atoms with Crippen LogP contribution in [0.4, 0.5) is 0 Å². The molecule has 0 radical (unpaired) electrons. The van der Waals surface area contributed by atoms with Crippen molar-refractivity contribution in [3.8, 4) is 0 Å². The molecule has 1 heterocycles. The minimum Gasteiger partial charge on any atom is -0.277 e. The first-order chi connectivity index (χ1) is 5.79. The zero-order valence-electron chi connectivity index (χ0n) is 6.87. The Morgan fingerprint density at radius 3 is 3.00 bits per heavy atom. The van der Waals surface area contributed by atoms with E-state index < -0.39 is 0 Å². The molecule has 0 aliphatic carbocycles. The maximum atomic E-state index is 11.5. The highest BCUT2D eigenvalue weighted by molar-refractivity contribution is 5.95. The molecule has 0 bridgehead atoms. The highest BCUT2D eigenvalue weighted by Crippen LogP contribution is 2.13. The molecule has 0 saturated heterocycles. The van der Waals surface area contributed by atoms with E-state index in [1.165, 1.54) is 5.01 Å². The van der Waals surface area contributed by atoms with Crippen molar-refractivity contribution in [3.63, 3.8) is 0 Å². The quantitative estimate of drug-likeness (QED) is 0.611. The predicted molar refractivity (Wildman–Crippen MR) is 45.4 cm³/mol. The third-order valence-electron chi connectivity index (χ3n) is 2.06. The van der Waals surface area contributed by atoms with Crippen LogP contribution in [-0.2, 0) is 6.54 Å². The number of hydrogen-bond donors (Lipinski definition) is 1. The fourth-order valence-corrected chi connectivity index (χ4v) is 1.34. The minimum absolute atomic E-state index is 0.0388. The number of carbonyl (C=O) groups excluding carboxylic acids is 1. The van der Waals surface area contributed by atoms with Crippen molar-refractivity contribution < 1.29 is 4.79 Å². The molecule has 0 aromatic heterocycles. The largest absolute Gasteiger partial charge is 0.277 e. The van der Waals surface area contributed by atoms with Crippen molar-refractivity contribution in [1.82, 2.24) is 10.4 Å². The van der Waals surface area contributed by atoms with Crippen LogP contribution in [0, 0.1) is 0 Å². The minimum atomic E-state index is 0.0388. The Labute approximate surface area is 71.0 Å². The van der Waals surface area contributed by atoms with Gasteiger partial charge in [0.05, 0.1) is 0 Å². The van der Waals surface area contributed by atoms with Gasteiger partial charge in [-0.05, 0) is 11.6 Å². The summed E-state index contributed by atoms with van der Waals surface area (Å²) in [5.41, 5.74) is 4.85. The molecule has 3 nitrogen and oxygen atoms in total. The number of fused-ring (bicyclic) bond motifs is 1. The fraction of sp³-hybridized carbons (Fsp3) is 0.222. The third-order valence-corrected chi connectivity index (χ3v) is 2.06. The van der Waals surface area contributed by atoms with Crippen molar-refractivity contribution in [3.05, 3.63) is 35.4 Å². The van der Waals surface area contributed by atoms with Crippen LogP contribution in [0.1, 0.15) is 15.9 Å². The first-order valence-electron chi connectivity index (χ1n) is 3.88. The van der Waals surface area contributed by atoms with Gasteiger partial charge in [-0.15, -0.1) is 0 Å². The Kier molecular flexibility index (Phi) is 1.59. The van der Waals surface area contributed by atoms with Gasteiger partial charge >= 0.3 is 0 Å². The number of carbonyl (C=O) groups is 1. The van der Waals surface area contributed by atoms with Crippen molar-refractivity contribution in [2.45, 2.75) is 6.54 Å². The molecule has 1 aliphatic heterocycles. The zero-order chi connectivity index (χ0) is 8.55. The average molecular weight is 162 g/mol. The summed E-state index contributed by atoms with van der Waals surface area (Å²) in [5.74, 6) is 0.0388. The van der Waals surface area contributed by atoms with E-state index in [0.717, 1.165) is 17.7 Å². The van der Waals surface area contributed by atoms with E-state index in [-0.39, 0.29) is 5.91 Å². The first kappa shape index (κ1) is 7.31. The van der Waals surface area contributed by atoms with Gasteiger partial charge in [-0.3, -0.25) is 9.80 Å². The van der Waals surface area contributed by atoms with Gasteiger partial charge in [-0.2, -0.15) is 0 Å². The first-order valence-corrected chi connectivity index (χ1v) is 3.88. The van der Waals surface area contributed by atoms with Crippen LogP contribution in [0.15, 0.2) is 24.3 Å². The number of nitrogens with one attached hydrogen (secondary N) is 1. The SMILES string of the molecule is CN1NCc2ccccc2C1=O. The summed E-state index contributed by atoms with van der Waals surface area (Å²) < 4.78 is 0. The molecular formula is C9H10N2O. The highest BCUT2D eigenvalue weighted by Gasteiger charge is 2.19. The molecule has 62 valence electrons. The maximum Gasteiger partial charge on any atom is 0.268 e. The zero-order valence-corrected chi connectivity index (χ0v) is 6.87. The molecule has 12 heavy (non-hydrogen) atoms. The molecule has 2 rings (SSSR count). The Morgan fingerprint density at radius 1 is 1.42 bits per heavy atom. The number of rotatable bonds is 0. The number of hydrazine groups is 1. The van der Waals surface area contributed by atoms with Crippen LogP contribution in [0.25, 0.3) is 0 Å². The molecule has 0 spiro atoms. The van der Waals surface area contributed by atoms with Crippen molar-refractivity contribution >= 4 is 5.91 Å². The van der Waals surface area contributed by atoms with E-state index >= 15 is 0 Å². The summed E-state index contributed by atoms with van der Waals surface area (Å²) in [5, 5.41) is 1.52. The van der Waals surface area contributed by atoms with Gasteiger partial charge in [0, 0.05) is 19.2 Å². The molecule has 3 heteroatoms. The van der Waals surface area contributed by atoms with E-state index in [1.54, 1.807) is 7.05 Å². The fourth-order valence-electron chi connectivity index (χ4n) is 1.34. The van der Waals surface area contributed by atoms with Gasteiger partial charge in [-0.25, -0.2) is 5.43 Å². The lowest BCUT2D eigenvalue weighted by Crippen LogP contribution is -2.43. The van der Waals surface area contributed by atoms with E-state index in [1.807, 2.05) is 24.3 Å². The van der Waals surface area contributed by atoms with E-state index in [4.69, 9.17) is 0 Å². The monoisotopic (exact) mass is 162 g/mol. The van der Waals surface area contributed by atoms with Crippen LogP contribution in [-0.4, -0.2) is 18.0 Å². The number of hydrogen-bond acceptors (Lipinski definition) is 2.